The van der Waals surface area contributed by atoms with E-state index >= 15 is 0 Å². The van der Waals surface area contributed by atoms with E-state index < -0.39 is 0 Å². The van der Waals surface area contributed by atoms with Gasteiger partial charge in [0.05, 0.1) is 0 Å². The number of rotatable bonds is 11. The number of aryl methyl sites for hydroxylation is 4. The van der Waals surface area contributed by atoms with E-state index in [-0.39, 0.29) is 0 Å². The van der Waals surface area contributed by atoms with Gasteiger partial charge in [0.15, 0.2) is 0 Å². The van der Waals surface area contributed by atoms with Crippen LogP contribution < -0.4 is 0 Å². The van der Waals surface area contributed by atoms with Gasteiger partial charge in [-0.15, -0.1) is 0 Å². The zero-order valence-electron chi connectivity index (χ0n) is 20.9. The molecule has 0 radical (unpaired) electrons. The Balaban J connectivity index is 1.16. The summed E-state index contributed by atoms with van der Waals surface area (Å²) in [7, 11) is 0. The molecule has 0 spiro atoms. The summed E-state index contributed by atoms with van der Waals surface area (Å²) in [5, 5.41) is 0.813. The molecule has 0 aliphatic heterocycles. The van der Waals surface area contributed by atoms with Gasteiger partial charge in [-0.05, 0) is 116 Å². The highest BCUT2D eigenvalue weighted by molar-refractivity contribution is 6.30. The number of halogens is 1. The first-order valence-electron chi connectivity index (χ1n) is 13.6. The highest BCUT2D eigenvalue weighted by atomic mass is 35.5. The van der Waals surface area contributed by atoms with Crippen LogP contribution in [0.4, 0.5) is 0 Å². The lowest BCUT2D eigenvalue weighted by Crippen LogP contribution is -2.14. The zero-order chi connectivity index (χ0) is 23.6. The SMILES string of the molecule is CCCCCc1ccc([C@H]2CC[C@H](CCc3ccc(CCc4ccc(Cl)cc4)cc3)CC2)cc1. The molecular formula is C33H41Cl. The van der Waals surface area contributed by atoms with Gasteiger partial charge in [0, 0.05) is 5.02 Å². The van der Waals surface area contributed by atoms with Crippen molar-refractivity contribution < 1.29 is 0 Å². The monoisotopic (exact) mass is 472 g/mol. The van der Waals surface area contributed by atoms with Crippen LogP contribution in [-0.2, 0) is 25.7 Å². The second kappa shape index (κ2) is 13.1. The van der Waals surface area contributed by atoms with Crippen molar-refractivity contribution in [2.45, 2.75) is 89.9 Å². The van der Waals surface area contributed by atoms with E-state index in [9.17, 15) is 0 Å². The lowest BCUT2D eigenvalue weighted by atomic mass is 9.77. The van der Waals surface area contributed by atoms with Gasteiger partial charge >= 0.3 is 0 Å². The quantitative estimate of drug-likeness (QED) is 0.243. The molecule has 0 N–H and O–H groups in total. The smallest absolute Gasteiger partial charge is 0.0406 e. The van der Waals surface area contributed by atoms with Crippen molar-refractivity contribution in [2.75, 3.05) is 0 Å². The maximum atomic E-state index is 5.99. The summed E-state index contributed by atoms with van der Waals surface area (Å²) in [4.78, 5) is 0. The highest BCUT2D eigenvalue weighted by Gasteiger charge is 2.22. The molecule has 0 saturated heterocycles. The van der Waals surface area contributed by atoms with Gasteiger partial charge in [0.25, 0.3) is 0 Å². The average Bonchev–Trinajstić information content (AvgIpc) is 2.89. The highest BCUT2D eigenvalue weighted by Crippen LogP contribution is 2.37. The summed E-state index contributed by atoms with van der Waals surface area (Å²) in [5.74, 6) is 1.68. The van der Waals surface area contributed by atoms with Crippen LogP contribution >= 0.6 is 11.6 Å². The third-order valence-electron chi connectivity index (χ3n) is 7.85. The standard InChI is InChI=1S/C33H41Cl/c1-2-3-4-5-26-14-20-31(21-15-26)32-22-16-29(17-23-32)12-10-27-6-8-28(9-7-27)11-13-30-18-24-33(34)25-19-30/h6-9,14-15,18-21,24-25,29,32H,2-5,10-13,16-17,22-23H2,1H3/t29-,32-. The van der Waals surface area contributed by atoms with Crippen LogP contribution in [0.25, 0.3) is 0 Å². The molecule has 180 valence electrons. The van der Waals surface area contributed by atoms with E-state index in [1.807, 2.05) is 12.1 Å². The number of unbranched alkanes of at least 4 members (excludes halogenated alkanes) is 2. The lowest BCUT2D eigenvalue weighted by Gasteiger charge is -2.29. The molecule has 0 unspecified atom stereocenters. The third kappa shape index (κ3) is 7.74. The van der Waals surface area contributed by atoms with Crippen LogP contribution in [0.15, 0.2) is 72.8 Å². The first-order chi connectivity index (χ1) is 16.7. The molecule has 1 aliphatic rings. The molecule has 1 heteroatoms. The molecule has 3 aromatic carbocycles. The molecular weight excluding hydrogens is 432 g/mol. The summed E-state index contributed by atoms with van der Waals surface area (Å²) in [5.41, 5.74) is 7.37. The number of hydrogen-bond donors (Lipinski definition) is 0. The van der Waals surface area contributed by atoms with Gasteiger partial charge in [-0.3, -0.25) is 0 Å². The zero-order valence-corrected chi connectivity index (χ0v) is 21.7. The molecule has 0 bridgehead atoms. The molecule has 0 atom stereocenters. The molecule has 0 amide bonds. The summed E-state index contributed by atoms with van der Waals surface area (Å²) >= 11 is 5.99. The Hall–Kier alpha value is -2.05. The molecule has 1 aliphatic carbocycles. The van der Waals surface area contributed by atoms with Gasteiger partial charge in [-0.2, -0.15) is 0 Å². The lowest BCUT2D eigenvalue weighted by molar-refractivity contribution is 0.310. The van der Waals surface area contributed by atoms with Crippen molar-refractivity contribution in [1.29, 1.82) is 0 Å². The molecule has 4 rings (SSSR count). The minimum absolute atomic E-state index is 0.779. The fraction of sp³-hybridized carbons (Fsp3) is 0.455. The van der Waals surface area contributed by atoms with Crippen LogP contribution in [0.3, 0.4) is 0 Å². The molecule has 1 fully saturated rings. The van der Waals surface area contributed by atoms with Crippen molar-refractivity contribution in [1.82, 2.24) is 0 Å². The number of hydrogen-bond acceptors (Lipinski definition) is 0. The largest absolute Gasteiger partial charge is 0.0843 e. The fourth-order valence-electron chi connectivity index (χ4n) is 5.50. The summed E-state index contributed by atoms with van der Waals surface area (Å²) in [6.45, 7) is 2.28. The van der Waals surface area contributed by atoms with Crippen molar-refractivity contribution in [2.24, 2.45) is 5.92 Å². The van der Waals surface area contributed by atoms with E-state index in [4.69, 9.17) is 11.6 Å². The number of benzene rings is 3. The second-order valence-corrected chi connectivity index (χ2v) is 10.8. The van der Waals surface area contributed by atoms with E-state index in [1.54, 1.807) is 5.56 Å². The van der Waals surface area contributed by atoms with E-state index in [2.05, 4.69) is 67.6 Å². The molecule has 0 nitrogen and oxygen atoms in total. The molecule has 0 aromatic heterocycles. The first-order valence-corrected chi connectivity index (χ1v) is 14.0. The summed E-state index contributed by atoms with van der Waals surface area (Å²) < 4.78 is 0. The van der Waals surface area contributed by atoms with Crippen LogP contribution in [0, 0.1) is 5.92 Å². The van der Waals surface area contributed by atoms with E-state index in [0.29, 0.717) is 0 Å². The first kappa shape index (κ1) is 25.1. The van der Waals surface area contributed by atoms with E-state index in [1.165, 1.54) is 86.5 Å². The van der Waals surface area contributed by atoms with Crippen molar-refractivity contribution in [3.8, 4) is 0 Å². The van der Waals surface area contributed by atoms with Crippen LogP contribution in [0.5, 0.6) is 0 Å². The third-order valence-corrected chi connectivity index (χ3v) is 8.10. The Morgan fingerprint density at radius 3 is 1.68 bits per heavy atom. The fourth-order valence-corrected chi connectivity index (χ4v) is 5.63. The molecule has 1 saturated carbocycles. The topological polar surface area (TPSA) is 0 Å². The molecule has 0 heterocycles. The van der Waals surface area contributed by atoms with Gasteiger partial charge in [0.2, 0.25) is 0 Å². The van der Waals surface area contributed by atoms with E-state index in [0.717, 1.165) is 29.7 Å². The normalized spacial score (nSPS) is 18.2. The van der Waals surface area contributed by atoms with Crippen molar-refractivity contribution in [3.05, 3.63) is 106 Å². The van der Waals surface area contributed by atoms with Crippen LogP contribution in [0.2, 0.25) is 5.02 Å². The summed E-state index contributed by atoms with van der Waals surface area (Å²) in [6, 6.07) is 27.2. The average molecular weight is 473 g/mol. The van der Waals surface area contributed by atoms with Gasteiger partial charge in [0.1, 0.15) is 0 Å². The minimum Gasteiger partial charge on any atom is -0.0843 e. The molecule has 34 heavy (non-hydrogen) atoms. The van der Waals surface area contributed by atoms with Crippen molar-refractivity contribution in [3.63, 3.8) is 0 Å². The minimum atomic E-state index is 0.779. The van der Waals surface area contributed by atoms with Crippen LogP contribution in [-0.4, -0.2) is 0 Å². The van der Waals surface area contributed by atoms with Gasteiger partial charge in [-0.1, -0.05) is 92.0 Å². The summed E-state index contributed by atoms with van der Waals surface area (Å²) in [6.07, 6.45) is 15.5. The maximum Gasteiger partial charge on any atom is 0.0406 e. The second-order valence-electron chi connectivity index (χ2n) is 10.4. The van der Waals surface area contributed by atoms with Crippen molar-refractivity contribution >= 4 is 11.6 Å². The Kier molecular flexibility index (Phi) is 9.69. The van der Waals surface area contributed by atoms with Gasteiger partial charge in [-0.25, -0.2) is 0 Å². The van der Waals surface area contributed by atoms with Gasteiger partial charge < -0.3 is 0 Å². The van der Waals surface area contributed by atoms with Crippen LogP contribution in [0.1, 0.15) is 92.0 Å². The Morgan fingerprint density at radius 2 is 1.09 bits per heavy atom. The molecule has 3 aromatic rings. The Morgan fingerprint density at radius 1 is 0.588 bits per heavy atom. The Labute approximate surface area is 212 Å². The predicted molar refractivity (Wildman–Crippen MR) is 148 cm³/mol. The maximum absolute atomic E-state index is 5.99. The predicted octanol–water partition coefficient (Wildman–Crippen LogP) is 9.76. The Bertz CT molecular complexity index is 961.